The number of aryl methyl sites for hydroxylation is 1. The van der Waals surface area contributed by atoms with E-state index in [0.717, 1.165) is 5.56 Å². The lowest BCUT2D eigenvalue weighted by molar-refractivity contribution is -0.118. The molecule has 0 saturated heterocycles. The van der Waals surface area contributed by atoms with Gasteiger partial charge in [-0.2, -0.15) is 10.3 Å². The Hall–Kier alpha value is -3.88. The number of hydrogen-bond acceptors (Lipinski definition) is 7. The Kier molecular flexibility index (Phi) is 6.63. The first-order valence-electron chi connectivity index (χ1n) is 9.27. The van der Waals surface area contributed by atoms with Crippen molar-refractivity contribution in [2.45, 2.75) is 13.8 Å². The minimum absolute atomic E-state index is 0.0741. The summed E-state index contributed by atoms with van der Waals surface area (Å²) < 4.78 is 16.0. The first kappa shape index (κ1) is 20.8. The molecule has 0 atom stereocenters. The standard InChI is InChI=1S/C21H22N4O5/c1-4-29-21(27)20-19(23-25-24-20)14-7-10-16(17(11-14)28-3)30-12-18(26)22-15-8-5-13(2)6-9-15/h5-11H,4,12H2,1-3H3,(H,22,26)(H,23,24,25). The summed E-state index contributed by atoms with van der Waals surface area (Å²) in [6.45, 7) is 3.72. The zero-order valence-electron chi connectivity index (χ0n) is 16.9. The lowest BCUT2D eigenvalue weighted by Gasteiger charge is -2.12. The van der Waals surface area contributed by atoms with Crippen LogP contribution in [0, 0.1) is 6.92 Å². The Morgan fingerprint density at radius 1 is 1.07 bits per heavy atom. The van der Waals surface area contributed by atoms with Crippen molar-refractivity contribution in [3.05, 3.63) is 53.7 Å². The van der Waals surface area contributed by atoms with E-state index in [9.17, 15) is 9.59 Å². The molecule has 9 nitrogen and oxygen atoms in total. The molecule has 1 amide bonds. The molecule has 0 fully saturated rings. The molecule has 0 aliphatic heterocycles. The fourth-order valence-corrected chi connectivity index (χ4v) is 2.69. The van der Waals surface area contributed by atoms with Gasteiger partial charge in [-0.3, -0.25) is 4.79 Å². The highest BCUT2D eigenvalue weighted by atomic mass is 16.5. The second-order valence-electron chi connectivity index (χ2n) is 6.31. The average Bonchev–Trinajstić information content (AvgIpc) is 3.24. The zero-order chi connectivity index (χ0) is 21.5. The van der Waals surface area contributed by atoms with Gasteiger partial charge >= 0.3 is 5.97 Å². The Bertz CT molecular complexity index is 1030. The smallest absolute Gasteiger partial charge is 0.361 e. The van der Waals surface area contributed by atoms with Crippen molar-refractivity contribution >= 4 is 17.6 Å². The van der Waals surface area contributed by atoms with Crippen molar-refractivity contribution in [1.29, 1.82) is 0 Å². The number of aromatic nitrogens is 3. The Morgan fingerprint density at radius 2 is 1.83 bits per heavy atom. The molecular weight excluding hydrogens is 388 g/mol. The molecule has 0 saturated carbocycles. The van der Waals surface area contributed by atoms with E-state index in [4.69, 9.17) is 14.2 Å². The summed E-state index contributed by atoms with van der Waals surface area (Å²) in [5.41, 5.74) is 2.78. The molecular formula is C21H22N4O5. The maximum absolute atomic E-state index is 12.2. The molecule has 3 rings (SSSR count). The highest BCUT2D eigenvalue weighted by Gasteiger charge is 2.20. The molecule has 0 aliphatic carbocycles. The van der Waals surface area contributed by atoms with Gasteiger partial charge in [-0.05, 0) is 44.2 Å². The van der Waals surface area contributed by atoms with Crippen molar-refractivity contribution in [2.75, 3.05) is 25.6 Å². The summed E-state index contributed by atoms with van der Waals surface area (Å²) in [5, 5.41) is 13.1. The third-order valence-electron chi connectivity index (χ3n) is 4.15. The van der Waals surface area contributed by atoms with Crippen LogP contribution in [0.4, 0.5) is 5.69 Å². The number of carbonyl (C=O) groups excluding carboxylic acids is 2. The van der Waals surface area contributed by atoms with Crippen LogP contribution in [0.15, 0.2) is 42.5 Å². The zero-order valence-corrected chi connectivity index (χ0v) is 16.9. The highest BCUT2D eigenvalue weighted by molar-refractivity contribution is 5.94. The molecule has 2 N–H and O–H groups in total. The number of anilines is 1. The molecule has 2 aromatic carbocycles. The maximum atomic E-state index is 12.2. The van der Waals surface area contributed by atoms with Gasteiger partial charge in [0.1, 0.15) is 5.69 Å². The summed E-state index contributed by atoms with van der Waals surface area (Å²) in [7, 11) is 1.48. The third kappa shape index (κ3) is 4.93. The Morgan fingerprint density at radius 3 is 2.53 bits per heavy atom. The van der Waals surface area contributed by atoms with Crippen LogP contribution in [0.3, 0.4) is 0 Å². The molecule has 1 aromatic heterocycles. The largest absolute Gasteiger partial charge is 0.493 e. The fraction of sp³-hybridized carbons (Fsp3) is 0.238. The van der Waals surface area contributed by atoms with Crippen LogP contribution in [0.25, 0.3) is 11.3 Å². The number of aromatic amines is 1. The van der Waals surface area contributed by atoms with E-state index < -0.39 is 5.97 Å². The van der Waals surface area contributed by atoms with Gasteiger partial charge in [0.15, 0.2) is 23.8 Å². The van der Waals surface area contributed by atoms with E-state index in [-0.39, 0.29) is 24.8 Å². The molecule has 156 valence electrons. The van der Waals surface area contributed by atoms with Crippen LogP contribution in [0.1, 0.15) is 23.0 Å². The van der Waals surface area contributed by atoms with E-state index >= 15 is 0 Å². The second-order valence-corrected chi connectivity index (χ2v) is 6.31. The molecule has 0 spiro atoms. The summed E-state index contributed by atoms with van der Waals surface area (Å²) >= 11 is 0. The van der Waals surface area contributed by atoms with Gasteiger partial charge in [-0.25, -0.2) is 4.79 Å². The predicted molar refractivity (Wildman–Crippen MR) is 110 cm³/mol. The van der Waals surface area contributed by atoms with Gasteiger partial charge < -0.3 is 19.5 Å². The lowest BCUT2D eigenvalue weighted by atomic mass is 10.1. The van der Waals surface area contributed by atoms with Crippen LogP contribution in [-0.4, -0.2) is 47.6 Å². The number of esters is 1. The quantitative estimate of drug-likeness (QED) is 0.549. The predicted octanol–water partition coefficient (Wildman–Crippen LogP) is 2.98. The van der Waals surface area contributed by atoms with Crippen LogP contribution in [-0.2, 0) is 9.53 Å². The van der Waals surface area contributed by atoms with Crippen molar-refractivity contribution in [1.82, 2.24) is 15.4 Å². The Balaban J connectivity index is 1.70. The van der Waals surface area contributed by atoms with E-state index in [1.54, 1.807) is 25.1 Å². The van der Waals surface area contributed by atoms with Crippen molar-refractivity contribution in [3.8, 4) is 22.8 Å². The molecule has 9 heteroatoms. The van der Waals surface area contributed by atoms with Gasteiger partial charge in [0.2, 0.25) is 0 Å². The van der Waals surface area contributed by atoms with Gasteiger partial charge in [0.05, 0.1) is 13.7 Å². The molecule has 3 aromatic rings. The minimum atomic E-state index is -0.576. The summed E-state index contributed by atoms with van der Waals surface area (Å²) in [6.07, 6.45) is 0. The summed E-state index contributed by atoms with van der Waals surface area (Å²) in [4.78, 5) is 24.2. The minimum Gasteiger partial charge on any atom is -0.493 e. The average molecular weight is 410 g/mol. The van der Waals surface area contributed by atoms with E-state index in [2.05, 4.69) is 20.7 Å². The molecule has 0 bridgehead atoms. The molecule has 1 heterocycles. The second kappa shape index (κ2) is 9.55. The number of methoxy groups -OCH3 is 1. The topological polar surface area (TPSA) is 115 Å². The van der Waals surface area contributed by atoms with Crippen molar-refractivity contribution in [3.63, 3.8) is 0 Å². The number of H-pyrrole nitrogens is 1. The normalized spacial score (nSPS) is 10.4. The van der Waals surface area contributed by atoms with E-state index in [1.165, 1.54) is 7.11 Å². The number of hydrogen-bond donors (Lipinski definition) is 2. The van der Waals surface area contributed by atoms with E-state index in [0.29, 0.717) is 28.4 Å². The first-order chi connectivity index (χ1) is 14.5. The number of ether oxygens (including phenoxy) is 3. The van der Waals surface area contributed by atoms with Gasteiger partial charge in [-0.15, -0.1) is 5.10 Å². The monoisotopic (exact) mass is 410 g/mol. The molecule has 0 unspecified atom stereocenters. The van der Waals surface area contributed by atoms with Crippen molar-refractivity contribution in [2.24, 2.45) is 0 Å². The number of rotatable bonds is 8. The van der Waals surface area contributed by atoms with Gasteiger partial charge in [0, 0.05) is 11.3 Å². The van der Waals surface area contributed by atoms with Crippen LogP contribution in [0.5, 0.6) is 11.5 Å². The maximum Gasteiger partial charge on any atom is 0.361 e. The number of benzene rings is 2. The third-order valence-corrected chi connectivity index (χ3v) is 4.15. The number of amides is 1. The number of carbonyl (C=O) groups is 2. The lowest BCUT2D eigenvalue weighted by Crippen LogP contribution is -2.20. The van der Waals surface area contributed by atoms with Crippen LogP contribution >= 0.6 is 0 Å². The highest BCUT2D eigenvalue weighted by Crippen LogP contribution is 2.32. The molecule has 0 aliphatic rings. The summed E-state index contributed by atoms with van der Waals surface area (Å²) in [5.74, 6) is -0.116. The SMILES string of the molecule is CCOC(=O)c1n[nH]nc1-c1ccc(OCC(=O)Nc2ccc(C)cc2)c(OC)c1. The number of nitrogens with one attached hydrogen (secondary N) is 2. The van der Waals surface area contributed by atoms with Crippen LogP contribution < -0.4 is 14.8 Å². The summed E-state index contributed by atoms with van der Waals surface area (Å²) in [6, 6.07) is 12.4. The van der Waals surface area contributed by atoms with Crippen molar-refractivity contribution < 1.29 is 23.8 Å². The molecule has 30 heavy (non-hydrogen) atoms. The first-order valence-corrected chi connectivity index (χ1v) is 9.27. The van der Waals surface area contributed by atoms with Gasteiger partial charge in [-0.1, -0.05) is 17.7 Å². The Labute approximate surface area is 173 Å². The van der Waals surface area contributed by atoms with E-state index in [1.807, 2.05) is 31.2 Å². The molecule has 0 radical (unpaired) electrons. The van der Waals surface area contributed by atoms with Crippen LogP contribution in [0.2, 0.25) is 0 Å². The fourth-order valence-electron chi connectivity index (χ4n) is 2.69. The number of nitrogens with zero attached hydrogens (tertiary/aromatic N) is 2. The van der Waals surface area contributed by atoms with Gasteiger partial charge in [0.25, 0.3) is 5.91 Å².